The lowest BCUT2D eigenvalue weighted by atomic mass is 10.1. The summed E-state index contributed by atoms with van der Waals surface area (Å²) >= 11 is 0. The van der Waals surface area contributed by atoms with Crippen LogP contribution in [0.25, 0.3) is 0 Å². The number of nitrogens with one attached hydrogen (secondary N) is 1. The number of hydrogen-bond acceptors (Lipinski definition) is 4. The minimum Gasteiger partial charge on any atom is -0.395 e. The fourth-order valence-electron chi connectivity index (χ4n) is 2.13. The van der Waals surface area contributed by atoms with Gasteiger partial charge in [-0.3, -0.25) is 5.41 Å². The van der Waals surface area contributed by atoms with Gasteiger partial charge < -0.3 is 15.7 Å². The number of aliphatic hydroxyl groups is 1. The third kappa shape index (κ3) is 3.20. The normalized spacial score (nSPS) is 10.7. The Kier molecular flexibility index (Phi) is 5.58. The van der Waals surface area contributed by atoms with E-state index in [1.54, 1.807) is 18.3 Å². The number of hydrogen-bond donors (Lipinski definition) is 3. The first-order valence-corrected chi connectivity index (χ1v) is 6.32. The molecule has 1 rings (SSSR count). The molecule has 100 valence electrons. The Hall–Kier alpha value is -1.62. The summed E-state index contributed by atoms with van der Waals surface area (Å²) in [5.41, 5.74) is 6.21. The summed E-state index contributed by atoms with van der Waals surface area (Å²) in [5.74, 6) is 0.694. The molecule has 0 radical (unpaired) electrons. The van der Waals surface area contributed by atoms with Crippen molar-refractivity contribution in [1.82, 2.24) is 4.98 Å². The highest BCUT2D eigenvalue weighted by molar-refractivity contribution is 5.99. The van der Waals surface area contributed by atoms with E-state index in [2.05, 4.69) is 18.8 Å². The summed E-state index contributed by atoms with van der Waals surface area (Å²) in [6.45, 7) is 4.78. The maximum atomic E-state index is 9.21. The van der Waals surface area contributed by atoms with Crippen LogP contribution in [0.3, 0.4) is 0 Å². The number of nitrogens with zero attached hydrogens (tertiary/aromatic N) is 2. The monoisotopic (exact) mass is 250 g/mol. The molecular formula is C13H22N4O. The van der Waals surface area contributed by atoms with E-state index in [4.69, 9.17) is 11.1 Å². The van der Waals surface area contributed by atoms with Crippen molar-refractivity contribution >= 4 is 11.7 Å². The number of anilines is 1. The average Bonchev–Trinajstić information content (AvgIpc) is 2.39. The van der Waals surface area contributed by atoms with Gasteiger partial charge in [0, 0.05) is 18.8 Å². The van der Waals surface area contributed by atoms with Gasteiger partial charge in [-0.2, -0.15) is 0 Å². The molecule has 0 aliphatic rings. The molecule has 0 fully saturated rings. The van der Waals surface area contributed by atoms with Gasteiger partial charge in [0.15, 0.2) is 0 Å². The van der Waals surface area contributed by atoms with E-state index in [0.717, 1.165) is 12.8 Å². The molecule has 1 aromatic rings. The van der Waals surface area contributed by atoms with E-state index in [1.165, 1.54) is 0 Å². The Balaban J connectivity index is 3.16. The highest BCUT2D eigenvalue weighted by Crippen LogP contribution is 2.21. The molecule has 0 aliphatic heterocycles. The molecule has 0 aliphatic carbocycles. The molecule has 1 aromatic heterocycles. The summed E-state index contributed by atoms with van der Waals surface area (Å²) in [7, 11) is 0. The van der Waals surface area contributed by atoms with Gasteiger partial charge in [0.05, 0.1) is 12.2 Å². The van der Waals surface area contributed by atoms with Crippen molar-refractivity contribution in [2.45, 2.75) is 32.7 Å². The molecule has 4 N–H and O–H groups in total. The van der Waals surface area contributed by atoms with Crippen LogP contribution in [0.15, 0.2) is 18.3 Å². The molecule has 0 atom stereocenters. The molecule has 0 saturated carbocycles. The SMILES string of the molecule is CCC(CC)N(CCO)c1ncccc1C(=N)N. The zero-order valence-corrected chi connectivity index (χ0v) is 11.1. The summed E-state index contributed by atoms with van der Waals surface area (Å²) in [6, 6.07) is 3.85. The third-order valence-electron chi connectivity index (χ3n) is 3.07. The van der Waals surface area contributed by atoms with Gasteiger partial charge in [0.2, 0.25) is 0 Å². The third-order valence-corrected chi connectivity index (χ3v) is 3.07. The molecular weight excluding hydrogens is 228 g/mol. The number of aromatic nitrogens is 1. The first kappa shape index (κ1) is 14.4. The largest absolute Gasteiger partial charge is 0.395 e. The smallest absolute Gasteiger partial charge is 0.139 e. The Morgan fingerprint density at radius 1 is 1.50 bits per heavy atom. The number of nitrogens with two attached hydrogens (primary N) is 1. The predicted molar refractivity (Wildman–Crippen MR) is 74.1 cm³/mol. The minimum absolute atomic E-state index is 0.00648. The van der Waals surface area contributed by atoms with Crippen LogP contribution >= 0.6 is 0 Å². The summed E-state index contributed by atoms with van der Waals surface area (Å²) in [4.78, 5) is 6.37. The summed E-state index contributed by atoms with van der Waals surface area (Å²) in [5, 5.41) is 16.8. The van der Waals surface area contributed by atoms with Gasteiger partial charge in [-0.15, -0.1) is 0 Å². The molecule has 0 unspecified atom stereocenters. The molecule has 18 heavy (non-hydrogen) atoms. The molecule has 0 saturated heterocycles. The van der Waals surface area contributed by atoms with E-state index in [0.29, 0.717) is 24.0 Å². The van der Waals surface area contributed by atoms with Crippen molar-refractivity contribution in [3.63, 3.8) is 0 Å². The van der Waals surface area contributed by atoms with Crippen LogP contribution in [0.1, 0.15) is 32.3 Å². The van der Waals surface area contributed by atoms with Crippen LogP contribution in [0, 0.1) is 5.41 Å². The standard InChI is InChI=1S/C13H22N4O/c1-3-10(4-2)17(8-9-18)13-11(12(14)15)6-5-7-16-13/h5-7,10,18H,3-4,8-9H2,1-2H3,(H3,14,15). The lowest BCUT2D eigenvalue weighted by Gasteiger charge is -2.32. The highest BCUT2D eigenvalue weighted by Gasteiger charge is 2.20. The van der Waals surface area contributed by atoms with Gasteiger partial charge in [-0.05, 0) is 25.0 Å². The molecule has 0 aromatic carbocycles. The lowest BCUT2D eigenvalue weighted by Crippen LogP contribution is -2.38. The maximum absolute atomic E-state index is 9.21. The zero-order chi connectivity index (χ0) is 13.5. The van der Waals surface area contributed by atoms with E-state index in [-0.39, 0.29) is 12.4 Å². The van der Waals surface area contributed by atoms with E-state index < -0.39 is 0 Å². The Morgan fingerprint density at radius 3 is 2.67 bits per heavy atom. The number of amidine groups is 1. The fourth-order valence-corrected chi connectivity index (χ4v) is 2.13. The van der Waals surface area contributed by atoms with Crippen LogP contribution in [0.5, 0.6) is 0 Å². The average molecular weight is 250 g/mol. The van der Waals surface area contributed by atoms with Crippen molar-refractivity contribution in [2.75, 3.05) is 18.1 Å². The topological polar surface area (TPSA) is 86.2 Å². The molecule has 5 nitrogen and oxygen atoms in total. The summed E-state index contributed by atoms with van der Waals surface area (Å²) < 4.78 is 0. The van der Waals surface area contributed by atoms with Crippen molar-refractivity contribution in [3.8, 4) is 0 Å². The van der Waals surface area contributed by atoms with Gasteiger partial charge in [0.25, 0.3) is 0 Å². The molecule has 5 heteroatoms. The van der Waals surface area contributed by atoms with E-state index in [1.807, 2.05) is 4.90 Å². The molecule has 0 amide bonds. The second-order valence-corrected chi connectivity index (χ2v) is 4.18. The summed E-state index contributed by atoms with van der Waals surface area (Å²) in [6.07, 6.45) is 3.61. The lowest BCUT2D eigenvalue weighted by molar-refractivity contribution is 0.295. The first-order valence-electron chi connectivity index (χ1n) is 6.32. The van der Waals surface area contributed by atoms with Crippen LogP contribution < -0.4 is 10.6 Å². The quantitative estimate of drug-likeness (QED) is 0.503. The Labute approximate surface area is 108 Å². The van der Waals surface area contributed by atoms with Crippen molar-refractivity contribution in [1.29, 1.82) is 5.41 Å². The highest BCUT2D eigenvalue weighted by atomic mass is 16.3. The van der Waals surface area contributed by atoms with Crippen molar-refractivity contribution < 1.29 is 5.11 Å². The number of nitrogen functional groups attached to an aromatic ring is 1. The molecule has 1 heterocycles. The first-order chi connectivity index (χ1) is 8.65. The Morgan fingerprint density at radius 2 is 2.17 bits per heavy atom. The zero-order valence-electron chi connectivity index (χ0n) is 11.1. The van der Waals surface area contributed by atoms with Crippen LogP contribution in [0.4, 0.5) is 5.82 Å². The predicted octanol–water partition coefficient (Wildman–Crippen LogP) is 1.35. The second kappa shape index (κ2) is 6.96. The minimum atomic E-state index is 0.00648. The van der Waals surface area contributed by atoms with Gasteiger partial charge in [-0.25, -0.2) is 4.98 Å². The Bertz CT molecular complexity index is 390. The van der Waals surface area contributed by atoms with Gasteiger partial charge >= 0.3 is 0 Å². The fraction of sp³-hybridized carbons (Fsp3) is 0.538. The number of aliphatic hydroxyl groups excluding tert-OH is 1. The van der Waals surface area contributed by atoms with Gasteiger partial charge in [-0.1, -0.05) is 13.8 Å². The van der Waals surface area contributed by atoms with Crippen molar-refractivity contribution in [3.05, 3.63) is 23.9 Å². The van der Waals surface area contributed by atoms with E-state index in [9.17, 15) is 5.11 Å². The van der Waals surface area contributed by atoms with Crippen molar-refractivity contribution in [2.24, 2.45) is 5.73 Å². The van der Waals surface area contributed by atoms with E-state index >= 15 is 0 Å². The second-order valence-electron chi connectivity index (χ2n) is 4.18. The van der Waals surface area contributed by atoms with Gasteiger partial charge in [0.1, 0.15) is 11.7 Å². The van der Waals surface area contributed by atoms with Crippen LogP contribution in [-0.2, 0) is 0 Å². The number of pyridine rings is 1. The van der Waals surface area contributed by atoms with Crippen LogP contribution in [-0.4, -0.2) is 35.1 Å². The molecule has 0 spiro atoms. The number of rotatable bonds is 7. The maximum Gasteiger partial charge on any atom is 0.139 e. The molecule has 0 bridgehead atoms. The van der Waals surface area contributed by atoms with Crippen LogP contribution in [0.2, 0.25) is 0 Å².